The molecule has 0 spiro atoms. The number of nitrogens with zero attached hydrogens (tertiary/aromatic N) is 2. The zero-order valence-corrected chi connectivity index (χ0v) is 12.3. The summed E-state index contributed by atoms with van der Waals surface area (Å²) >= 11 is 0. The number of ether oxygens (including phenoxy) is 1. The van der Waals surface area contributed by atoms with Crippen LogP contribution in [0.1, 0.15) is 25.3 Å². The molecule has 6 heteroatoms. The maximum Gasteiger partial charge on any atom is 0.326 e. The molecular formula is C16H19N3O3. The van der Waals surface area contributed by atoms with Gasteiger partial charge in [-0.05, 0) is 25.0 Å². The van der Waals surface area contributed by atoms with Crippen LogP contribution in [-0.4, -0.2) is 46.2 Å². The quantitative estimate of drug-likeness (QED) is 0.849. The Hall–Kier alpha value is -2.08. The number of imidazole rings is 1. The first-order valence-corrected chi connectivity index (χ1v) is 7.84. The van der Waals surface area contributed by atoms with Crippen LogP contribution in [0.3, 0.4) is 0 Å². The Bertz CT molecular complexity index is 755. The summed E-state index contributed by atoms with van der Waals surface area (Å²) in [5.41, 5.74) is 1.81. The maximum absolute atomic E-state index is 12.2. The number of cyclic esters (lactones) is 1. The molecule has 1 N–H and O–H groups in total. The van der Waals surface area contributed by atoms with Crippen molar-refractivity contribution in [2.24, 2.45) is 0 Å². The summed E-state index contributed by atoms with van der Waals surface area (Å²) in [6.07, 6.45) is 2.55. The normalized spacial score (nSPS) is 24.0. The van der Waals surface area contributed by atoms with E-state index < -0.39 is 0 Å². The van der Waals surface area contributed by atoms with E-state index in [0.717, 1.165) is 43.4 Å². The van der Waals surface area contributed by atoms with Gasteiger partial charge in [-0.15, -0.1) is 0 Å². The summed E-state index contributed by atoms with van der Waals surface area (Å²) in [4.78, 5) is 29.1. The lowest BCUT2D eigenvalue weighted by Crippen LogP contribution is -2.44. The molecule has 2 saturated heterocycles. The SMILES string of the molecule is O=C1OCC[C@H]1N1CCC(n2c(=O)[nH]c3ccccc32)CC1. The van der Waals surface area contributed by atoms with Crippen molar-refractivity contribution in [1.82, 2.24) is 14.5 Å². The van der Waals surface area contributed by atoms with Crippen LogP contribution in [0.15, 0.2) is 29.1 Å². The molecule has 2 aromatic rings. The van der Waals surface area contributed by atoms with Crippen molar-refractivity contribution >= 4 is 17.0 Å². The molecule has 0 aliphatic carbocycles. The first-order valence-electron chi connectivity index (χ1n) is 7.84. The molecule has 0 radical (unpaired) electrons. The molecule has 1 atom stereocenters. The Kier molecular flexibility index (Phi) is 3.26. The summed E-state index contributed by atoms with van der Waals surface area (Å²) in [5.74, 6) is -0.0947. The predicted molar refractivity (Wildman–Crippen MR) is 81.8 cm³/mol. The van der Waals surface area contributed by atoms with Gasteiger partial charge in [0.2, 0.25) is 0 Å². The maximum atomic E-state index is 12.2. The van der Waals surface area contributed by atoms with Crippen molar-refractivity contribution in [2.75, 3.05) is 19.7 Å². The fraction of sp³-hybridized carbons (Fsp3) is 0.500. The minimum Gasteiger partial charge on any atom is -0.464 e. The molecule has 2 aliphatic rings. The van der Waals surface area contributed by atoms with E-state index in [0.29, 0.717) is 6.61 Å². The molecule has 22 heavy (non-hydrogen) atoms. The first-order chi connectivity index (χ1) is 10.7. The highest BCUT2D eigenvalue weighted by atomic mass is 16.5. The van der Waals surface area contributed by atoms with E-state index in [2.05, 4.69) is 9.88 Å². The van der Waals surface area contributed by atoms with Crippen molar-refractivity contribution in [2.45, 2.75) is 31.3 Å². The van der Waals surface area contributed by atoms with Crippen LogP contribution >= 0.6 is 0 Å². The zero-order chi connectivity index (χ0) is 15.1. The van der Waals surface area contributed by atoms with Gasteiger partial charge in [0.15, 0.2) is 0 Å². The van der Waals surface area contributed by atoms with Gasteiger partial charge in [-0.3, -0.25) is 14.3 Å². The van der Waals surface area contributed by atoms with Crippen LogP contribution in [0, 0.1) is 0 Å². The highest BCUT2D eigenvalue weighted by Gasteiger charge is 2.35. The van der Waals surface area contributed by atoms with Crippen molar-refractivity contribution in [3.8, 4) is 0 Å². The number of esters is 1. The largest absolute Gasteiger partial charge is 0.464 e. The molecule has 116 valence electrons. The Labute approximate surface area is 127 Å². The Balaban J connectivity index is 1.54. The van der Waals surface area contributed by atoms with Crippen LogP contribution in [0.5, 0.6) is 0 Å². The minimum atomic E-state index is -0.0947. The van der Waals surface area contributed by atoms with E-state index in [1.807, 2.05) is 28.8 Å². The number of carbonyl (C=O) groups excluding carboxylic acids is 1. The second-order valence-corrected chi connectivity index (χ2v) is 6.06. The number of aromatic amines is 1. The fourth-order valence-corrected chi connectivity index (χ4v) is 3.71. The zero-order valence-electron chi connectivity index (χ0n) is 12.3. The smallest absolute Gasteiger partial charge is 0.326 e. The van der Waals surface area contributed by atoms with Crippen LogP contribution in [0.25, 0.3) is 11.0 Å². The molecule has 0 unspecified atom stereocenters. The van der Waals surface area contributed by atoms with Gasteiger partial charge in [0, 0.05) is 25.6 Å². The Morgan fingerprint density at radius 1 is 1.09 bits per heavy atom. The first kappa shape index (κ1) is 13.6. The molecule has 6 nitrogen and oxygen atoms in total. The number of carbonyl (C=O) groups is 1. The lowest BCUT2D eigenvalue weighted by Gasteiger charge is -2.34. The van der Waals surface area contributed by atoms with Gasteiger partial charge in [-0.25, -0.2) is 4.79 Å². The van der Waals surface area contributed by atoms with Gasteiger partial charge < -0.3 is 9.72 Å². The van der Waals surface area contributed by atoms with Crippen molar-refractivity contribution in [3.63, 3.8) is 0 Å². The number of likely N-dealkylation sites (tertiary alicyclic amines) is 1. The van der Waals surface area contributed by atoms with Crippen LogP contribution in [-0.2, 0) is 9.53 Å². The molecule has 0 amide bonds. The van der Waals surface area contributed by atoms with Gasteiger partial charge in [0.25, 0.3) is 0 Å². The second kappa shape index (κ2) is 5.28. The molecule has 1 aromatic heterocycles. The third-order valence-corrected chi connectivity index (χ3v) is 4.84. The number of nitrogens with one attached hydrogen (secondary N) is 1. The molecule has 4 rings (SSSR count). The van der Waals surface area contributed by atoms with E-state index in [4.69, 9.17) is 4.74 Å². The van der Waals surface area contributed by atoms with Crippen molar-refractivity contribution < 1.29 is 9.53 Å². The van der Waals surface area contributed by atoms with Gasteiger partial charge in [-0.1, -0.05) is 12.1 Å². The van der Waals surface area contributed by atoms with Crippen LogP contribution < -0.4 is 5.69 Å². The molecule has 2 fully saturated rings. The highest BCUT2D eigenvalue weighted by molar-refractivity contribution is 5.77. The lowest BCUT2D eigenvalue weighted by molar-refractivity contribution is -0.142. The Morgan fingerprint density at radius 3 is 2.59 bits per heavy atom. The fourth-order valence-electron chi connectivity index (χ4n) is 3.71. The molecule has 2 aliphatic heterocycles. The van der Waals surface area contributed by atoms with E-state index in [-0.39, 0.29) is 23.7 Å². The topological polar surface area (TPSA) is 67.3 Å². The van der Waals surface area contributed by atoms with Crippen LogP contribution in [0.4, 0.5) is 0 Å². The minimum absolute atomic E-state index is 0.0417. The molecule has 0 bridgehead atoms. The van der Waals surface area contributed by atoms with E-state index >= 15 is 0 Å². The number of rotatable bonds is 2. The third kappa shape index (κ3) is 2.14. The van der Waals surface area contributed by atoms with Crippen LogP contribution in [0.2, 0.25) is 0 Å². The van der Waals surface area contributed by atoms with Gasteiger partial charge in [-0.2, -0.15) is 0 Å². The highest BCUT2D eigenvalue weighted by Crippen LogP contribution is 2.27. The average Bonchev–Trinajstić information content (AvgIpc) is 3.10. The summed E-state index contributed by atoms with van der Waals surface area (Å²) < 4.78 is 6.93. The molecule has 3 heterocycles. The molecule has 0 saturated carbocycles. The number of hydrogen-bond donors (Lipinski definition) is 1. The number of benzene rings is 1. The Morgan fingerprint density at radius 2 is 1.86 bits per heavy atom. The van der Waals surface area contributed by atoms with Crippen molar-refractivity contribution in [3.05, 3.63) is 34.7 Å². The lowest BCUT2D eigenvalue weighted by atomic mass is 10.0. The van der Waals surface area contributed by atoms with E-state index in [1.54, 1.807) is 0 Å². The van der Waals surface area contributed by atoms with Gasteiger partial charge in [0.05, 0.1) is 17.6 Å². The van der Waals surface area contributed by atoms with Crippen molar-refractivity contribution in [1.29, 1.82) is 0 Å². The molecular weight excluding hydrogens is 282 g/mol. The third-order valence-electron chi connectivity index (χ3n) is 4.84. The summed E-state index contributed by atoms with van der Waals surface area (Å²) in [6, 6.07) is 7.90. The van der Waals surface area contributed by atoms with Gasteiger partial charge in [0.1, 0.15) is 6.04 Å². The standard InChI is InChI=1S/C16H19N3O3/c20-15-14(7-10-22-15)18-8-5-11(6-9-18)19-13-4-2-1-3-12(13)17-16(19)21/h1-4,11,14H,5-10H2,(H,17,21)/t14-/m1/s1. The summed E-state index contributed by atoms with van der Waals surface area (Å²) in [7, 11) is 0. The number of piperidine rings is 1. The van der Waals surface area contributed by atoms with Gasteiger partial charge >= 0.3 is 11.7 Å². The van der Waals surface area contributed by atoms with E-state index in [9.17, 15) is 9.59 Å². The second-order valence-electron chi connectivity index (χ2n) is 6.06. The average molecular weight is 301 g/mol. The summed E-state index contributed by atoms with van der Waals surface area (Å²) in [6.45, 7) is 2.19. The molecule has 1 aromatic carbocycles. The van der Waals surface area contributed by atoms with E-state index in [1.165, 1.54) is 0 Å². The monoisotopic (exact) mass is 301 g/mol. The number of H-pyrrole nitrogens is 1. The number of para-hydroxylation sites is 2. The number of hydrogen-bond acceptors (Lipinski definition) is 4. The summed E-state index contributed by atoms with van der Waals surface area (Å²) in [5, 5.41) is 0. The number of fused-ring (bicyclic) bond motifs is 1. The number of aromatic nitrogens is 2. The predicted octanol–water partition coefficient (Wildman–Crippen LogP) is 1.28.